The SMILES string of the molecule is COc1ccccc1[C@@H](C)NC(=O)c1cccc(N2CCCCS2(=O)=O)c1. The number of amides is 1. The molecule has 0 aliphatic carbocycles. The summed E-state index contributed by atoms with van der Waals surface area (Å²) in [5, 5.41) is 2.95. The number of nitrogens with zero attached hydrogens (tertiary/aromatic N) is 1. The Bertz CT molecular complexity index is 927. The van der Waals surface area contributed by atoms with Crippen LogP contribution in [-0.2, 0) is 10.0 Å². The van der Waals surface area contributed by atoms with Gasteiger partial charge in [0.1, 0.15) is 5.75 Å². The minimum absolute atomic E-state index is 0.147. The third-order valence-corrected chi connectivity index (χ3v) is 6.57. The lowest BCUT2D eigenvalue weighted by molar-refractivity contribution is 0.0939. The largest absolute Gasteiger partial charge is 0.496 e. The number of nitrogens with one attached hydrogen (secondary N) is 1. The van der Waals surface area contributed by atoms with Gasteiger partial charge in [0.05, 0.1) is 24.6 Å². The fraction of sp³-hybridized carbons (Fsp3) is 0.350. The van der Waals surface area contributed by atoms with E-state index in [0.717, 1.165) is 12.0 Å². The van der Waals surface area contributed by atoms with Crippen LogP contribution in [0.25, 0.3) is 0 Å². The number of sulfonamides is 1. The zero-order chi connectivity index (χ0) is 19.4. The van der Waals surface area contributed by atoms with Crippen molar-refractivity contribution < 1.29 is 17.9 Å². The summed E-state index contributed by atoms with van der Waals surface area (Å²) >= 11 is 0. The van der Waals surface area contributed by atoms with Crippen LogP contribution in [0.15, 0.2) is 48.5 Å². The highest BCUT2D eigenvalue weighted by atomic mass is 32.2. The quantitative estimate of drug-likeness (QED) is 0.854. The molecule has 1 atom stereocenters. The average molecular weight is 388 g/mol. The molecule has 2 aromatic rings. The number of hydrogen-bond donors (Lipinski definition) is 1. The molecule has 1 N–H and O–H groups in total. The first-order chi connectivity index (χ1) is 12.9. The molecule has 0 bridgehead atoms. The lowest BCUT2D eigenvalue weighted by Gasteiger charge is -2.28. The Morgan fingerprint density at radius 3 is 2.67 bits per heavy atom. The summed E-state index contributed by atoms with van der Waals surface area (Å²) in [7, 11) is -1.72. The van der Waals surface area contributed by atoms with Crippen molar-refractivity contribution in [3.8, 4) is 5.75 Å². The molecule has 27 heavy (non-hydrogen) atoms. The number of carbonyl (C=O) groups excluding carboxylic acids is 1. The second-order valence-corrected chi connectivity index (χ2v) is 8.60. The lowest BCUT2D eigenvalue weighted by Crippen LogP contribution is -2.38. The predicted molar refractivity (Wildman–Crippen MR) is 106 cm³/mol. The standard InChI is InChI=1S/C20H24N2O4S/c1-15(18-10-3-4-11-19(18)26-2)21-20(23)16-8-7-9-17(14-16)22-12-5-6-13-27(22,24)25/h3-4,7-11,14-15H,5-6,12-13H2,1-2H3,(H,21,23)/t15-/m1/s1. The van der Waals surface area contributed by atoms with E-state index < -0.39 is 10.0 Å². The molecular formula is C20H24N2O4S. The van der Waals surface area contributed by atoms with Crippen LogP contribution < -0.4 is 14.4 Å². The summed E-state index contributed by atoms with van der Waals surface area (Å²) in [6.07, 6.45) is 1.50. The molecule has 7 heteroatoms. The van der Waals surface area contributed by atoms with Gasteiger partial charge in [-0.3, -0.25) is 9.10 Å². The number of rotatable bonds is 5. The first-order valence-electron chi connectivity index (χ1n) is 8.96. The Morgan fingerprint density at radius 2 is 1.93 bits per heavy atom. The van der Waals surface area contributed by atoms with Gasteiger partial charge in [0, 0.05) is 17.7 Å². The van der Waals surface area contributed by atoms with E-state index in [-0.39, 0.29) is 17.7 Å². The molecule has 0 aromatic heterocycles. The summed E-state index contributed by atoms with van der Waals surface area (Å²) < 4.78 is 31.4. The van der Waals surface area contributed by atoms with Crippen molar-refractivity contribution in [2.45, 2.75) is 25.8 Å². The van der Waals surface area contributed by atoms with E-state index in [9.17, 15) is 13.2 Å². The Hall–Kier alpha value is -2.54. The first-order valence-corrected chi connectivity index (χ1v) is 10.6. The smallest absolute Gasteiger partial charge is 0.251 e. The molecule has 2 aromatic carbocycles. The van der Waals surface area contributed by atoms with Gasteiger partial charge in [0.15, 0.2) is 0 Å². The Kier molecular flexibility index (Phi) is 5.70. The van der Waals surface area contributed by atoms with Crippen LogP contribution in [0.4, 0.5) is 5.69 Å². The molecule has 0 spiro atoms. The van der Waals surface area contributed by atoms with E-state index in [2.05, 4.69) is 5.32 Å². The second kappa shape index (κ2) is 8.00. The van der Waals surface area contributed by atoms with E-state index in [1.54, 1.807) is 31.4 Å². The molecule has 1 heterocycles. The molecule has 1 saturated heterocycles. The maximum atomic E-state index is 12.7. The van der Waals surface area contributed by atoms with E-state index >= 15 is 0 Å². The molecule has 1 fully saturated rings. The second-order valence-electron chi connectivity index (χ2n) is 6.58. The molecule has 0 radical (unpaired) electrons. The predicted octanol–water partition coefficient (Wildman–Crippen LogP) is 3.12. The summed E-state index contributed by atoms with van der Waals surface area (Å²) in [5.74, 6) is 0.594. The van der Waals surface area contributed by atoms with Gasteiger partial charge in [-0.25, -0.2) is 8.42 Å². The highest BCUT2D eigenvalue weighted by molar-refractivity contribution is 7.92. The van der Waals surface area contributed by atoms with Crippen LogP contribution in [0.2, 0.25) is 0 Å². The van der Waals surface area contributed by atoms with Crippen LogP contribution in [0.3, 0.4) is 0 Å². The molecule has 1 aliphatic rings. The van der Waals surface area contributed by atoms with Gasteiger partial charge in [-0.1, -0.05) is 24.3 Å². The van der Waals surface area contributed by atoms with Crippen molar-refractivity contribution >= 4 is 21.6 Å². The van der Waals surface area contributed by atoms with Crippen molar-refractivity contribution in [3.63, 3.8) is 0 Å². The van der Waals surface area contributed by atoms with E-state index in [1.807, 2.05) is 31.2 Å². The topological polar surface area (TPSA) is 75.7 Å². The van der Waals surface area contributed by atoms with Crippen molar-refractivity contribution in [1.82, 2.24) is 5.32 Å². The van der Waals surface area contributed by atoms with Crippen molar-refractivity contribution in [1.29, 1.82) is 0 Å². The summed E-state index contributed by atoms with van der Waals surface area (Å²) in [6.45, 7) is 2.33. The van der Waals surface area contributed by atoms with Gasteiger partial charge < -0.3 is 10.1 Å². The number of hydrogen-bond acceptors (Lipinski definition) is 4. The van der Waals surface area contributed by atoms with Crippen LogP contribution in [-0.4, -0.2) is 33.7 Å². The molecule has 0 saturated carbocycles. The van der Waals surface area contributed by atoms with Crippen LogP contribution in [0.5, 0.6) is 5.75 Å². The fourth-order valence-electron chi connectivity index (χ4n) is 3.26. The van der Waals surface area contributed by atoms with Gasteiger partial charge in [0.2, 0.25) is 10.0 Å². The van der Waals surface area contributed by atoms with Gasteiger partial charge in [0.25, 0.3) is 5.91 Å². The Morgan fingerprint density at radius 1 is 1.15 bits per heavy atom. The number of para-hydroxylation sites is 1. The van der Waals surface area contributed by atoms with E-state index in [1.165, 1.54) is 4.31 Å². The van der Waals surface area contributed by atoms with Gasteiger partial charge >= 0.3 is 0 Å². The molecule has 3 rings (SSSR count). The lowest BCUT2D eigenvalue weighted by atomic mass is 10.1. The van der Waals surface area contributed by atoms with Crippen molar-refractivity contribution in [3.05, 3.63) is 59.7 Å². The van der Waals surface area contributed by atoms with Crippen LogP contribution in [0, 0.1) is 0 Å². The summed E-state index contributed by atoms with van der Waals surface area (Å²) in [5.41, 5.74) is 1.84. The molecular weight excluding hydrogens is 364 g/mol. The first kappa shape index (κ1) is 19.2. The highest BCUT2D eigenvalue weighted by Gasteiger charge is 2.26. The minimum atomic E-state index is -3.31. The number of ether oxygens (including phenoxy) is 1. The average Bonchev–Trinajstić information content (AvgIpc) is 2.67. The summed E-state index contributed by atoms with van der Waals surface area (Å²) in [4.78, 5) is 12.7. The molecule has 1 aliphatic heterocycles. The number of anilines is 1. The fourth-order valence-corrected chi connectivity index (χ4v) is 4.89. The highest BCUT2D eigenvalue weighted by Crippen LogP contribution is 2.26. The molecule has 1 amide bonds. The maximum Gasteiger partial charge on any atom is 0.251 e. The summed E-state index contributed by atoms with van der Waals surface area (Å²) in [6, 6.07) is 14.0. The van der Waals surface area contributed by atoms with E-state index in [0.29, 0.717) is 30.0 Å². The minimum Gasteiger partial charge on any atom is -0.496 e. The monoisotopic (exact) mass is 388 g/mol. The van der Waals surface area contributed by atoms with E-state index in [4.69, 9.17) is 4.74 Å². The maximum absolute atomic E-state index is 12.7. The molecule has 144 valence electrons. The molecule has 0 unspecified atom stereocenters. The van der Waals surface area contributed by atoms with Crippen molar-refractivity contribution in [2.24, 2.45) is 0 Å². The normalized spacial score (nSPS) is 17.2. The number of methoxy groups -OCH3 is 1. The third kappa shape index (κ3) is 4.24. The number of carbonyl (C=O) groups is 1. The zero-order valence-electron chi connectivity index (χ0n) is 15.5. The zero-order valence-corrected chi connectivity index (χ0v) is 16.3. The van der Waals surface area contributed by atoms with Gasteiger partial charge in [-0.2, -0.15) is 0 Å². The number of benzene rings is 2. The third-order valence-electron chi connectivity index (χ3n) is 4.70. The Balaban J connectivity index is 1.79. The van der Waals surface area contributed by atoms with Crippen LogP contribution in [0.1, 0.15) is 41.7 Å². The molecule has 6 nitrogen and oxygen atoms in total. The van der Waals surface area contributed by atoms with Gasteiger partial charge in [-0.05, 0) is 44.0 Å². The van der Waals surface area contributed by atoms with Gasteiger partial charge in [-0.15, -0.1) is 0 Å². The van der Waals surface area contributed by atoms with Crippen molar-refractivity contribution in [2.75, 3.05) is 23.7 Å². The Labute approximate surface area is 160 Å². The van der Waals surface area contributed by atoms with Crippen LogP contribution >= 0.6 is 0 Å².